The second kappa shape index (κ2) is 8.95. The van der Waals surface area contributed by atoms with Crippen molar-refractivity contribution in [1.82, 2.24) is 10.0 Å². The van der Waals surface area contributed by atoms with Gasteiger partial charge in [-0.2, -0.15) is 0 Å². The quantitative estimate of drug-likeness (QED) is 0.663. The molecule has 11 heteroatoms. The van der Waals surface area contributed by atoms with E-state index in [9.17, 15) is 13.2 Å². The van der Waals surface area contributed by atoms with E-state index in [0.29, 0.717) is 5.02 Å². The molecule has 1 aliphatic heterocycles. The minimum Gasteiger partial charge on any atom is -0.444 e. The predicted molar refractivity (Wildman–Crippen MR) is 110 cm³/mol. The maximum absolute atomic E-state index is 12.6. The number of alkyl carbamates (subject to hydrolysis) is 1. The van der Waals surface area contributed by atoms with E-state index < -0.39 is 39.7 Å². The molecule has 1 aromatic carbocycles. The molecule has 1 unspecified atom stereocenters. The Bertz CT molecular complexity index is 854. The average Bonchev–Trinajstić information content (AvgIpc) is 2.83. The van der Waals surface area contributed by atoms with Crippen molar-refractivity contribution in [3.63, 3.8) is 0 Å². The number of rotatable bonds is 6. The fraction of sp³-hybridized carbons (Fsp3) is 0.611. The van der Waals surface area contributed by atoms with E-state index in [1.54, 1.807) is 34.6 Å². The molecule has 0 aliphatic carbocycles. The minimum absolute atomic E-state index is 0.0112. The lowest BCUT2D eigenvalue weighted by Crippen LogP contribution is -2.44. The van der Waals surface area contributed by atoms with Crippen molar-refractivity contribution in [1.29, 1.82) is 0 Å². The first kappa shape index (κ1) is 24.2. The van der Waals surface area contributed by atoms with Crippen molar-refractivity contribution in [3.8, 4) is 0 Å². The van der Waals surface area contributed by atoms with Crippen LogP contribution in [0.25, 0.3) is 0 Å². The van der Waals surface area contributed by atoms with Gasteiger partial charge in [-0.15, -0.1) is 0 Å². The maximum atomic E-state index is 12.6. The number of hydrogen-bond acceptors (Lipinski definition) is 6. The first-order valence-corrected chi connectivity index (χ1v) is 11.2. The molecule has 1 aliphatic rings. The van der Waals surface area contributed by atoms with E-state index in [-0.39, 0.29) is 23.0 Å². The molecule has 1 amide bonds. The Balaban J connectivity index is 2.02. The monoisotopic (exact) mass is 468 g/mol. The van der Waals surface area contributed by atoms with Crippen molar-refractivity contribution in [2.24, 2.45) is 0 Å². The zero-order valence-electron chi connectivity index (χ0n) is 16.9. The summed E-state index contributed by atoms with van der Waals surface area (Å²) in [4.78, 5) is 11.8. The lowest BCUT2D eigenvalue weighted by molar-refractivity contribution is -0.145. The van der Waals surface area contributed by atoms with Gasteiger partial charge in [0.25, 0.3) is 0 Å². The van der Waals surface area contributed by atoms with Crippen LogP contribution in [-0.2, 0) is 24.2 Å². The first-order valence-electron chi connectivity index (χ1n) is 8.96. The van der Waals surface area contributed by atoms with Crippen LogP contribution < -0.4 is 10.0 Å². The molecule has 0 saturated carbocycles. The van der Waals surface area contributed by atoms with E-state index >= 15 is 0 Å². The van der Waals surface area contributed by atoms with Crippen LogP contribution in [0.5, 0.6) is 0 Å². The van der Waals surface area contributed by atoms with Gasteiger partial charge in [0, 0.05) is 18.1 Å². The van der Waals surface area contributed by atoms with Gasteiger partial charge in [-0.25, -0.2) is 17.9 Å². The Morgan fingerprint density at radius 1 is 1.17 bits per heavy atom. The third-order valence-corrected chi connectivity index (χ3v) is 5.93. The van der Waals surface area contributed by atoms with Crippen LogP contribution in [-0.4, -0.2) is 51.2 Å². The first-order chi connectivity index (χ1) is 13.2. The van der Waals surface area contributed by atoms with Crippen molar-refractivity contribution >= 4 is 39.3 Å². The molecule has 164 valence electrons. The van der Waals surface area contributed by atoms with Gasteiger partial charge < -0.3 is 19.5 Å². The molecule has 29 heavy (non-hydrogen) atoms. The molecule has 2 rings (SSSR count). The van der Waals surface area contributed by atoms with E-state index in [2.05, 4.69) is 10.0 Å². The van der Waals surface area contributed by atoms with E-state index in [1.807, 2.05) is 0 Å². The minimum atomic E-state index is -3.90. The summed E-state index contributed by atoms with van der Waals surface area (Å²) in [5.74, 6) is -0.936. The molecule has 2 atom stereocenters. The van der Waals surface area contributed by atoms with Crippen LogP contribution in [0.4, 0.5) is 4.79 Å². The molecule has 8 nitrogen and oxygen atoms in total. The molecule has 0 aromatic heterocycles. The van der Waals surface area contributed by atoms with E-state index in [0.717, 1.165) is 0 Å². The van der Waals surface area contributed by atoms with Gasteiger partial charge in [-0.1, -0.05) is 23.2 Å². The second-order valence-corrected chi connectivity index (χ2v) is 10.6. The Labute approximate surface area is 181 Å². The highest BCUT2D eigenvalue weighted by Gasteiger charge is 2.42. The summed E-state index contributed by atoms with van der Waals surface area (Å²) in [6.45, 7) is 8.69. The molecule has 1 aromatic rings. The highest BCUT2D eigenvalue weighted by Crippen LogP contribution is 2.29. The van der Waals surface area contributed by atoms with Crippen molar-refractivity contribution in [3.05, 3.63) is 28.2 Å². The Morgan fingerprint density at radius 2 is 1.76 bits per heavy atom. The number of sulfonamides is 1. The third-order valence-electron chi connectivity index (χ3n) is 3.79. The number of carbonyl (C=O) groups excluding carboxylic acids is 1. The van der Waals surface area contributed by atoms with Gasteiger partial charge in [-0.05, 0) is 52.8 Å². The van der Waals surface area contributed by atoms with Crippen LogP contribution in [0.2, 0.25) is 10.0 Å². The number of halogens is 2. The fourth-order valence-electron chi connectivity index (χ4n) is 2.72. The summed E-state index contributed by atoms with van der Waals surface area (Å²) >= 11 is 11.8. The fourth-order valence-corrected chi connectivity index (χ4v) is 4.53. The standard InChI is InChI=1S/C18H26Cl2N2O6S/c1-17(2,3)28-16(23)21-9-13-14(27-18(4,5)26-13)10-22-29(24,25)15-7-6-11(19)8-12(15)20/h6-8,13-14,22H,9-10H2,1-5H3,(H,21,23)/t13-,14?/m1/s1. The molecular weight excluding hydrogens is 443 g/mol. The van der Waals surface area contributed by atoms with Gasteiger partial charge >= 0.3 is 6.09 Å². The summed E-state index contributed by atoms with van der Waals surface area (Å²) in [7, 11) is -3.90. The van der Waals surface area contributed by atoms with Gasteiger partial charge in [0.05, 0.1) is 5.02 Å². The predicted octanol–water partition coefficient (Wildman–Crippen LogP) is 3.32. The van der Waals surface area contributed by atoms with Crippen molar-refractivity contribution in [2.45, 2.75) is 63.1 Å². The van der Waals surface area contributed by atoms with Crippen molar-refractivity contribution < 1.29 is 27.4 Å². The smallest absolute Gasteiger partial charge is 0.407 e. The van der Waals surface area contributed by atoms with Crippen LogP contribution in [0, 0.1) is 0 Å². The lowest BCUT2D eigenvalue weighted by Gasteiger charge is -2.22. The highest BCUT2D eigenvalue weighted by atomic mass is 35.5. The number of hydrogen-bond donors (Lipinski definition) is 2. The molecule has 0 spiro atoms. The summed E-state index contributed by atoms with van der Waals surface area (Å²) in [6, 6.07) is 4.11. The van der Waals surface area contributed by atoms with E-state index in [1.165, 1.54) is 18.2 Å². The zero-order valence-corrected chi connectivity index (χ0v) is 19.2. The molecule has 2 N–H and O–H groups in total. The lowest BCUT2D eigenvalue weighted by atomic mass is 10.2. The normalized spacial score (nSPS) is 21.8. The molecule has 0 radical (unpaired) electrons. The summed E-state index contributed by atoms with van der Waals surface area (Å²) < 4.78 is 44.4. The number of carbonyl (C=O) groups is 1. The summed E-state index contributed by atoms with van der Waals surface area (Å²) in [5.41, 5.74) is -0.636. The largest absolute Gasteiger partial charge is 0.444 e. The number of nitrogens with one attached hydrogen (secondary N) is 2. The number of ether oxygens (including phenoxy) is 3. The van der Waals surface area contributed by atoms with Crippen LogP contribution >= 0.6 is 23.2 Å². The second-order valence-electron chi connectivity index (χ2n) is 8.02. The van der Waals surface area contributed by atoms with Gasteiger partial charge in [0.15, 0.2) is 5.79 Å². The molecule has 0 bridgehead atoms. The van der Waals surface area contributed by atoms with Gasteiger partial charge in [-0.3, -0.25) is 0 Å². The van der Waals surface area contributed by atoms with Crippen LogP contribution in [0.15, 0.2) is 23.1 Å². The average molecular weight is 469 g/mol. The maximum Gasteiger partial charge on any atom is 0.407 e. The Hall–Kier alpha value is -1.10. The van der Waals surface area contributed by atoms with Gasteiger partial charge in [0.1, 0.15) is 22.7 Å². The molecular formula is C18H26Cl2N2O6S. The third kappa shape index (κ3) is 7.27. The SMILES string of the molecule is CC(C)(C)OC(=O)NC[C@H]1OC(C)(C)OC1CNS(=O)(=O)c1ccc(Cl)cc1Cl. The Morgan fingerprint density at radius 3 is 2.31 bits per heavy atom. The summed E-state index contributed by atoms with van der Waals surface area (Å²) in [6.07, 6.45) is -1.82. The van der Waals surface area contributed by atoms with Crippen molar-refractivity contribution in [2.75, 3.05) is 13.1 Å². The number of benzene rings is 1. The topological polar surface area (TPSA) is 103 Å². The van der Waals surface area contributed by atoms with Crippen LogP contribution in [0.3, 0.4) is 0 Å². The Kier molecular flexibility index (Phi) is 7.46. The van der Waals surface area contributed by atoms with Gasteiger partial charge in [0.2, 0.25) is 10.0 Å². The zero-order chi connectivity index (χ0) is 22.0. The van der Waals surface area contributed by atoms with E-state index in [4.69, 9.17) is 37.4 Å². The highest BCUT2D eigenvalue weighted by molar-refractivity contribution is 7.89. The van der Waals surface area contributed by atoms with Crippen LogP contribution in [0.1, 0.15) is 34.6 Å². The molecule has 1 saturated heterocycles. The summed E-state index contributed by atoms with van der Waals surface area (Å²) in [5, 5.41) is 2.96. The molecule has 1 heterocycles. The number of amides is 1. The molecule has 1 fully saturated rings.